The van der Waals surface area contributed by atoms with Gasteiger partial charge in [-0.15, -0.1) is 0 Å². The van der Waals surface area contributed by atoms with E-state index in [-0.39, 0.29) is 30.2 Å². The largest absolute Gasteiger partial charge is 0.489 e. The normalized spacial score (nSPS) is 16.9. The Balaban J connectivity index is 1.02. The Bertz CT molecular complexity index is 1750. The number of morpholine rings is 1. The van der Waals surface area contributed by atoms with Crippen molar-refractivity contribution < 1.29 is 37.7 Å². The van der Waals surface area contributed by atoms with Gasteiger partial charge in [-0.25, -0.2) is 4.39 Å². The van der Waals surface area contributed by atoms with E-state index >= 15 is 0 Å². The van der Waals surface area contributed by atoms with E-state index in [1.54, 1.807) is 24.4 Å². The summed E-state index contributed by atoms with van der Waals surface area (Å²) < 4.78 is 43.3. The van der Waals surface area contributed by atoms with Crippen LogP contribution < -0.4 is 18.9 Å². The van der Waals surface area contributed by atoms with E-state index in [4.69, 9.17) is 23.7 Å². The molecule has 1 saturated heterocycles. The summed E-state index contributed by atoms with van der Waals surface area (Å²) in [5.74, 6) is 2.29. The average Bonchev–Trinajstić information content (AvgIpc) is 3.92. The van der Waals surface area contributed by atoms with E-state index in [1.807, 2.05) is 30.3 Å². The molecule has 0 bridgehead atoms. The molecule has 0 N–H and O–H groups in total. The number of carbonyl (C=O) groups excluding carboxylic acids is 2. The number of aromatic nitrogens is 1. The summed E-state index contributed by atoms with van der Waals surface area (Å²) in [5, 5.41) is 0.692. The number of hydrogen-bond donors (Lipinski definition) is 0. The van der Waals surface area contributed by atoms with E-state index in [2.05, 4.69) is 9.88 Å². The van der Waals surface area contributed by atoms with E-state index < -0.39 is 5.41 Å². The molecule has 0 atom stereocenters. The third-order valence-electron chi connectivity index (χ3n) is 9.03. The number of rotatable bonds is 13. The van der Waals surface area contributed by atoms with Gasteiger partial charge in [0.25, 0.3) is 0 Å². The van der Waals surface area contributed by atoms with Crippen LogP contribution >= 0.6 is 0 Å². The quantitative estimate of drug-likeness (QED) is 0.134. The van der Waals surface area contributed by atoms with Gasteiger partial charge in [-0.05, 0) is 60.7 Å². The van der Waals surface area contributed by atoms with Crippen molar-refractivity contribution in [3.8, 4) is 28.7 Å². The minimum atomic E-state index is -0.939. The SMILES string of the molecule is O=C(Cc1ccc(F)cc1)C1(C(=O)Cc2ccc(Oc3ccnc4cc(OCCCN5CCOCC5)c5c(c34)OCCO5)cc2)CC1. The molecule has 1 saturated carbocycles. The molecule has 3 aromatic carbocycles. The molecule has 7 rings (SSSR count). The van der Waals surface area contributed by atoms with Crippen LogP contribution in [0.25, 0.3) is 10.9 Å². The van der Waals surface area contributed by atoms with Crippen LogP contribution in [0.3, 0.4) is 0 Å². The molecule has 1 aliphatic carbocycles. The van der Waals surface area contributed by atoms with Gasteiger partial charge in [0.05, 0.1) is 36.1 Å². The number of pyridine rings is 1. The minimum absolute atomic E-state index is 0.0821. The van der Waals surface area contributed by atoms with E-state index in [1.165, 1.54) is 12.1 Å². The molecule has 0 radical (unpaired) electrons. The number of hydrogen-bond acceptors (Lipinski definition) is 9. The van der Waals surface area contributed by atoms with Gasteiger partial charge in [-0.2, -0.15) is 0 Å². The lowest BCUT2D eigenvalue weighted by Crippen LogP contribution is -2.37. The molecule has 0 amide bonds. The number of ketones is 2. The number of ether oxygens (including phenoxy) is 5. The number of carbonyl (C=O) groups is 2. The lowest BCUT2D eigenvalue weighted by molar-refractivity contribution is -0.133. The van der Waals surface area contributed by atoms with Crippen LogP contribution in [0.15, 0.2) is 66.9 Å². The van der Waals surface area contributed by atoms with E-state index in [0.29, 0.717) is 77.9 Å². The lowest BCUT2D eigenvalue weighted by Gasteiger charge is -2.26. The fourth-order valence-corrected chi connectivity index (χ4v) is 6.21. The highest BCUT2D eigenvalue weighted by Crippen LogP contribution is 2.50. The first-order valence-corrected chi connectivity index (χ1v) is 16.2. The summed E-state index contributed by atoms with van der Waals surface area (Å²) >= 11 is 0. The summed E-state index contributed by atoms with van der Waals surface area (Å²) in [6.45, 7) is 5.71. The van der Waals surface area contributed by atoms with Gasteiger partial charge >= 0.3 is 0 Å². The Kier molecular flexibility index (Phi) is 9.04. The predicted octanol–water partition coefficient (Wildman–Crippen LogP) is 5.74. The Morgan fingerprint density at radius 3 is 2.17 bits per heavy atom. The highest BCUT2D eigenvalue weighted by Gasteiger charge is 2.54. The Morgan fingerprint density at radius 1 is 0.830 bits per heavy atom. The maximum atomic E-state index is 13.3. The van der Waals surface area contributed by atoms with Crippen molar-refractivity contribution in [3.63, 3.8) is 0 Å². The smallest absolute Gasteiger partial charge is 0.204 e. The second kappa shape index (κ2) is 13.7. The van der Waals surface area contributed by atoms with E-state index in [9.17, 15) is 14.0 Å². The van der Waals surface area contributed by atoms with Crippen molar-refractivity contribution in [2.24, 2.45) is 5.41 Å². The van der Waals surface area contributed by atoms with Crippen molar-refractivity contribution in [2.75, 3.05) is 52.7 Å². The maximum absolute atomic E-state index is 13.3. The van der Waals surface area contributed by atoms with Gasteiger partial charge in [-0.1, -0.05) is 24.3 Å². The van der Waals surface area contributed by atoms with Crippen molar-refractivity contribution in [3.05, 3.63) is 83.8 Å². The standard InChI is InChI=1S/C37H37FN2O7/c38-27-6-2-25(3-7-27)22-32(41)37(11-12-37)33(42)23-26-4-8-28(9-5-26)47-30-10-13-39-29-24-31(35-36(34(29)30)46-21-20-45-35)44-17-1-14-40-15-18-43-19-16-40/h2-10,13,24H,1,11-12,14-23H2. The topological polar surface area (TPSA) is 96.4 Å². The second-order valence-electron chi connectivity index (χ2n) is 12.2. The average molecular weight is 641 g/mol. The summed E-state index contributed by atoms with van der Waals surface area (Å²) in [6, 6.07) is 16.8. The van der Waals surface area contributed by atoms with E-state index in [0.717, 1.165) is 44.8 Å². The zero-order valence-electron chi connectivity index (χ0n) is 26.2. The maximum Gasteiger partial charge on any atom is 0.204 e. The van der Waals surface area contributed by atoms with Crippen LogP contribution in [0.1, 0.15) is 30.4 Å². The molecule has 4 aromatic rings. The molecule has 0 spiro atoms. The molecule has 2 fully saturated rings. The first-order valence-electron chi connectivity index (χ1n) is 16.2. The second-order valence-corrected chi connectivity index (χ2v) is 12.2. The number of halogens is 1. The molecule has 2 aliphatic heterocycles. The lowest BCUT2D eigenvalue weighted by atomic mass is 9.88. The summed E-state index contributed by atoms with van der Waals surface area (Å²) in [5.41, 5.74) is 1.23. The molecule has 0 unspecified atom stereocenters. The fraction of sp³-hybridized carbons (Fsp3) is 0.378. The van der Waals surface area contributed by atoms with Gasteiger partial charge in [0.1, 0.15) is 30.5 Å². The molecule has 3 aliphatic rings. The molecule has 9 nitrogen and oxygen atoms in total. The first-order chi connectivity index (χ1) is 23.0. The molecular formula is C37H37FN2O7. The number of benzene rings is 3. The van der Waals surface area contributed by atoms with Crippen LogP contribution in [0, 0.1) is 11.2 Å². The van der Waals surface area contributed by atoms with Crippen molar-refractivity contribution in [1.82, 2.24) is 9.88 Å². The van der Waals surface area contributed by atoms with Gasteiger partial charge in [0.2, 0.25) is 5.75 Å². The van der Waals surface area contributed by atoms with Crippen LogP contribution in [0.4, 0.5) is 4.39 Å². The summed E-state index contributed by atoms with van der Waals surface area (Å²) in [7, 11) is 0. The van der Waals surface area contributed by atoms with Crippen molar-refractivity contribution in [2.45, 2.75) is 32.1 Å². The molecule has 3 heterocycles. The fourth-order valence-electron chi connectivity index (χ4n) is 6.21. The summed E-state index contributed by atoms with van der Waals surface area (Å²) in [4.78, 5) is 33.3. The Morgan fingerprint density at radius 2 is 1.49 bits per heavy atom. The molecule has 10 heteroatoms. The van der Waals surface area contributed by atoms with Crippen molar-refractivity contribution in [1.29, 1.82) is 0 Å². The minimum Gasteiger partial charge on any atom is -0.489 e. The molecule has 1 aromatic heterocycles. The zero-order valence-corrected chi connectivity index (χ0v) is 26.2. The van der Waals surface area contributed by atoms with Gasteiger partial charge in [0, 0.05) is 44.7 Å². The third kappa shape index (κ3) is 6.94. The van der Waals surface area contributed by atoms with Crippen LogP contribution in [-0.2, 0) is 27.2 Å². The number of Topliss-reactive ketones (excluding diaryl/α,β-unsaturated/α-hetero) is 2. The predicted molar refractivity (Wildman–Crippen MR) is 172 cm³/mol. The highest BCUT2D eigenvalue weighted by molar-refractivity contribution is 6.11. The van der Waals surface area contributed by atoms with Gasteiger partial charge < -0.3 is 23.7 Å². The summed E-state index contributed by atoms with van der Waals surface area (Å²) in [6.07, 6.45) is 3.94. The Hall–Kier alpha value is -4.54. The monoisotopic (exact) mass is 640 g/mol. The molecular weight excluding hydrogens is 603 g/mol. The zero-order chi connectivity index (χ0) is 32.2. The van der Waals surface area contributed by atoms with Crippen molar-refractivity contribution >= 4 is 22.5 Å². The van der Waals surface area contributed by atoms with Gasteiger partial charge in [0.15, 0.2) is 23.1 Å². The van der Waals surface area contributed by atoms with Crippen LogP contribution in [0.5, 0.6) is 28.7 Å². The van der Waals surface area contributed by atoms with Gasteiger partial charge in [-0.3, -0.25) is 19.5 Å². The Labute approximate surface area is 272 Å². The third-order valence-corrected chi connectivity index (χ3v) is 9.03. The van der Waals surface area contributed by atoms with Crippen LogP contribution in [-0.4, -0.2) is 74.1 Å². The molecule has 244 valence electrons. The number of nitrogens with zero attached hydrogens (tertiary/aromatic N) is 2. The van der Waals surface area contributed by atoms with Crippen LogP contribution in [0.2, 0.25) is 0 Å². The molecule has 47 heavy (non-hydrogen) atoms. The highest BCUT2D eigenvalue weighted by atomic mass is 19.1. The first kappa shape index (κ1) is 31.1. The number of fused-ring (bicyclic) bond motifs is 3.